The number of carbonyl (C=O) groups excluding carboxylic acids is 2. The lowest BCUT2D eigenvalue weighted by molar-refractivity contribution is 0.0600. The molecule has 2 aliphatic rings. The molecule has 1 aliphatic heterocycles. The van der Waals surface area contributed by atoms with E-state index in [0.29, 0.717) is 22.7 Å². The Labute approximate surface area is 151 Å². The largest absolute Gasteiger partial charge is 0.465 e. The first kappa shape index (κ1) is 16.2. The minimum Gasteiger partial charge on any atom is -0.465 e. The number of amides is 1. The van der Waals surface area contributed by atoms with Gasteiger partial charge in [0.2, 0.25) is 0 Å². The molecule has 0 saturated carbocycles. The SMILES string of the molecule is COC(=O)c1ccc2c(c1)[C@H](N1Cc3cccc(Cl)c3C1=O)CCC2. The van der Waals surface area contributed by atoms with Crippen molar-refractivity contribution < 1.29 is 14.3 Å². The van der Waals surface area contributed by atoms with E-state index in [1.54, 1.807) is 12.1 Å². The molecule has 128 valence electrons. The molecule has 2 aromatic rings. The molecule has 0 unspecified atom stereocenters. The molecule has 0 spiro atoms. The van der Waals surface area contributed by atoms with Gasteiger partial charge >= 0.3 is 5.97 Å². The van der Waals surface area contributed by atoms with Crippen LogP contribution in [0.2, 0.25) is 5.02 Å². The van der Waals surface area contributed by atoms with Crippen LogP contribution in [0.15, 0.2) is 36.4 Å². The summed E-state index contributed by atoms with van der Waals surface area (Å²) in [5.74, 6) is -0.381. The second-order valence-electron chi connectivity index (χ2n) is 6.52. The number of methoxy groups -OCH3 is 1. The first-order chi connectivity index (χ1) is 12.1. The van der Waals surface area contributed by atoms with Gasteiger partial charge in [0.1, 0.15) is 0 Å². The summed E-state index contributed by atoms with van der Waals surface area (Å²) in [4.78, 5) is 26.7. The molecule has 25 heavy (non-hydrogen) atoms. The van der Waals surface area contributed by atoms with Gasteiger partial charge in [-0.05, 0) is 54.2 Å². The van der Waals surface area contributed by atoms with Gasteiger partial charge in [-0.1, -0.05) is 29.8 Å². The zero-order valence-electron chi connectivity index (χ0n) is 13.9. The van der Waals surface area contributed by atoms with Crippen LogP contribution in [-0.4, -0.2) is 23.9 Å². The molecule has 5 heteroatoms. The summed E-state index contributed by atoms with van der Waals surface area (Å²) >= 11 is 6.25. The summed E-state index contributed by atoms with van der Waals surface area (Å²) in [6.45, 7) is 0.557. The third-order valence-electron chi connectivity index (χ3n) is 5.14. The molecule has 1 atom stereocenters. The number of halogens is 1. The lowest BCUT2D eigenvalue weighted by Gasteiger charge is -2.33. The first-order valence-electron chi connectivity index (χ1n) is 8.39. The highest BCUT2D eigenvalue weighted by Crippen LogP contribution is 2.40. The summed E-state index contributed by atoms with van der Waals surface area (Å²) in [5, 5.41) is 0.504. The van der Waals surface area contributed by atoms with Crippen molar-refractivity contribution in [2.24, 2.45) is 0 Å². The molecule has 4 nitrogen and oxygen atoms in total. The van der Waals surface area contributed by atoms with Crippen LogP contribution in [0, 0.1) is 0 Å². The second kappa shape index (κ2) is 6.19. The lowest BCUT2D eigenvalue weighted by atomic mass is 9.85. The monoisotopic (exact) mass is 355 g/mol. The predicted octanol–water partition coefficient (Wildman–Crippen LogP) is 4.16. The van der Waals surface area contributed by atoms with Gasteiger partial charge in [0.05, 0.1) is 29.3 Å². The number of benzene rings is 2. The number of carbonyl (C=O) groups is 2. The number of rotatable bonds is 2. The molecule has 0 N–H and O–H groups in total. The van der Waals surface area contributed by atoms with Crippen molar-refractivity contribution in [2.45, 2.75) is 31.8 Å². The average molecular weight is 356 g/mol. The fourth-order valence-corrected chi connectivity index (χ4v) is 4.21. The Bertz CT molecular complexity index is 877. The lowest BCUT2D eigenvalue weighted by Crippen LogP contribution is -2.32. The van der Waals surface area contributed by atoms with E-state index in [9.17, 15) is 9.59 Å². The van der Waals surface area contributed by atoms with Gasteiger partial charge in [-0.2, -0.15) is 0 Å². The Kier molecular flexibility index (Phi) is 4.00. The normalized spacial score (nSPS) is 18.7. The number of fused-ring (bicyclic) bond motifs is 2. The molecular formula is C20H18ClNO3. The van der Waals surface area contributed by atoms with Crippen LogP contribution < -0.4 is 0 Å². The molecule has 0 saturated heterocycles. The molecular weight excluding hydrogens is 338 g/mol. The van der Waals surface area contributed by atoms with Gasteiger partial charge in [-0.15, -0.1) is 0 Å². The average Bonchev–Trinajstić information content (AvgIpc) is 2.98. The van der Waals surface area contributed by atoms with Crippen molar-refractivity contribution >= 4 is 23.5 Å². The smallest absolute Gasteiger partial charge is 0.337 e. The zero-order valence-corrected chi connectivity index (χ0v) is 14.7. The Balaban J connectivity index is 1.73. The number of hydrogen-bond acceptors (Lipinski definition) is 3. The minimum absolute atomic E-state index is 0.0260. The van der Waals surface area contributed by atoms with E-state index in [2.05, 4.69) is 0 Å². The Morgan fingerprint density at radius 2 is 2.08 bits per heavy atom. The van der Waals surface area contributed by atoms with Crippen molar-refractivity contribution in [1.82, 2.24) is 4.90 Å². The molecule has 1 aliphatic carbocycles. The van der Waals surface area contributed by atoms with E-state index in [1.165, 1.54) is 12.7 Å². The van der Waals surface area contributed by atoms with Crippen LogP contribution in [0.4, 0.5) is 0 Å². The number of hydrogen-bond donors (Lipinski definition) is 0. The minimum atomic E-state index is -0.355. The number of aryl methyl sites for hydroxylation is 1. The van der Waals surface area contributed by atoms with Gasteiger partial charge in [0.25, 0.3) is 5.91 Å². The van der Waals surface area contributed by atoms with Crippen molar-refractivity contribution in [1.29, 1.82) is 0 Å². The van der Waals surface area contributed by atoms with Gasteiger partial charge < -0.3 is 9.64 Å². The third-order valence-corrected chi connectivity index (χ3v) is 5.46. The Morgan fingerprint density at radius 1 is 1.24 bits per heavy atom. The van der Waals surface area contributed by atoms with Crippen LogP contribution in [0.5, 0.6) is 0 Å². The fraction of sp³-hybridized carbons (Fsp3) is 0.300. The summed E-state index contributed by atoms with van der Waals surface area (Å²) < 4.78 is 4.84. The van der Waals surface area contributed by atoms with Gasteiger partial charge in [0, 0.05) is 6.54 Å². The Hall–Kier alpha value is -2.33. The third kappa shape index (κ3) is 2.61. The maximum atomic E-state index is 13.0. The van der Waals surface area contributed by atoms with Crippen LogP contribution in [-0.2, 0) is 17.7 Å². The number of nitrogens with zero attached hydrogens (tertiary/aromatic N) is 1. The van der Waals surface area contributed by atoms with Gasteiger partial charge in [-0.3, -0.25) is 4.79 Å². The van der Waals surface area contributed by atoms with E-state index in [1.807, 2.05) is 29.2 Å². The molecule has 0 aromatic heterocycles. The van der Waals surface area contributed by atoms with E-state index in [4.69, 9.17) is 16.3 Å². The molecule has 1 heterocycles. The van der Waals surface area contributed by atoms with Gasteiger partial charge in [-0.25, -0.2) is 4.79 Å². The van der Waals surface area contributed by atoms with E-state index in [-0.39, 0.29) is 17.9 Å². The second-order valence-corrected chi connectivity index (χ2v) is 6.93. The highest BCUT2D eigenvalue weighted by molar-refractivity contribution is 6.34. The Morgan fingerprint density at radius 3 is 2.84 bits per heavy atom. The van der Waals surface area contributed by atoms with Crippen LogP contribution >= 0.6 is 11.6 Å². The highest BCUT2D eigenvalue weighted by atomic mass is 35.5. The molecule has 4 rings (SSSR count). The van der Waals surface area contributed by atoms with Crippen molar-refractivity contribution in [3.8, 4) is 0 Å². The summed E-state index contributed by atoms with van der Waals surface area (Å²) in [6.07, 6.45) is 2.86. The van der Waals surface area contributed by atoms with Crippen molar-refractivity contribution in [3.05, 3.63) is 69.2 Å². The maximum Gasteiger partial charge on any atom is 0.337 e. The summed E-state index contributed by atoms with van der Waals surface area (Å²) in [7, 11) is 1.38. The summed E-state index contributed by atoms with van der Waals surface area (Å²) in [5.41, 5.74) is 4.34. The number of ether oxygens (including phenoxy) is 1. The van der Waals surface area contributed by atoms with Gasteiger partial charge in [0.15, 0.2) is 0 Å². The summed E-state index contributed by atoms with van der Waals surface area (Å²) in [6, 6.07) is 11.2. The van der Waals surface area contributed by atoms with Crippen molar-refractivity contribution in [3.63, 3.8) is 0 Å². The molecule has 0 bridgehead atoms. The quantitative estimate of drug-likeness (QED) is 0.760. The zero-order chi connectivity index (χ0) is 17.6. The van der Waals surface area contributed by atoms with E-state index in [0.717, 1.165) is 30.4 Å². The predicted molar refractivity (Wildman–Crippen MR) is 94.8 cm³/mol. The van der Waals surface area contributed by atoms with Crippen LogP contribution in [0.25, 0.3) is 0 Å². The van der Waals surface area contributed by atoms with E-state index >= 15 is 0 Å². The molecule has 1 amide bonds. The van der Waals surface area contributed by atoms with Crippen LogP contribution in [0.3, 0.4) is 0 Å². The number of esters is 1. The topological polar surface area (TPSA) is 46.6 Å². The van der Waals surface area contributed by atoms with Crippen LogP contribution in [0.1, 0.15) is 56.3 Å². The maximum absolute atomic E-state index is 13.0. The highest BCUT2D eigenvalue weighted by Gasteiger charge is 2.36. The fourth-order valence-electron chi connectivity index (χ4n) is 3.93. The standard InChI is InChI=1S/C20H18ClNO3/c1-25-20(24)13-9-8-12-4-3-7-17(15(12)10-13)22-11-14-5-2-6-16(21)18(14)19(22)23/h2,5-6,8-10,17H,3-4,7,11H2,1H3/t17-/m1/s1. The first-order valence-corrected chi connectivity index (χ1v) is 8.77. The molecule has 0 radical (unpaired) electrons. The molecule has 2 aromatic carbocycles. The molecule has 0 fully saturated rings. The van der Waals surface area contributed by atoms with E-state index < -0.39 is 0 Å². The van der Waals surface area contributed by atoms with Crippen molar-refractivity contribution in [2.75, 3.05) is 7.11 Å².